The van der Waals surface area contributed by atoms with Gasteiger partial charge in [-0.1, -0.05) is 18.2 Å². The maximum atomic E-state index is 13.7. The zero-order chi connectivity index (χ0) is 19.6. The van der Waals surface area contributed by atoms with Gasteiger partial charge in [0, 0.05) is 24.7 Å². The van der Waals surface area contributed by atoms with Crippen molar-refractivity contribution in [1.82, 2.24) is 10.6 Å². The Morgan fingerprint density at radius 2 is 1.78 bits per heavy atom. The highest BCUT2D eigenvalue weighted by atomic mass is 19.1. The van der Waals surface area contributed by atoms with Gasteiger partial charge in [0.25, 0.3) is 0 Å². The third kappa shape index (κ3) is 6.14. The van der Waals surface area contributed by atoms with Gasteiger partial charge in [-0.05, 0) is 30.7 Å². The first kappa shape index (κ1) is 20.5. The summed E-state index contributed by atoms with van der Waals surface area (Å²) in [5.41, 5.74) is 1.16. The van der Waals surface area contributed by atoms with Gasteiger partial charge in [-0.3, -0.25) is 0 Å². The smallest absolute Gasteiger partial charge is 0.191 e. The molecule has 0 radical (unpaired) electrons. The molecule has 2 aromatic rings. The lowest BCUT2D eigenvalue weighted by Gasteiger charge is -2.17. The molecule has 0 saturated heterocycles. The largest absolute Gasteiger partial charge is 0.497 e. The van der Waals surface area contributed by atoms with Crippen LogP contribution in [0.15, 0.2) is 47.5 Å². The third-order valence-electron chi connectivity index (χ3n) is 3.93. The Kier molecular flexibility index (Phi) is 7.88. The van der Waals surface area contributed by atoms with Crippen LogP contribution in [0.5, 0.6) is 11.5 Å². The Morgan fingerprint density at radius 1 is 1.11 bits per heavy atom. The first-order chi connectivity index (χ1) is 13.1. The fourth-order valence-corrected chi connectivity index (χ4v) is 2.47. The molecule has 2 aromatic carbocycles. The van der Waals surface area contributed by atoms with Crippen LogP contribution in [0, 0.1) is 5.82 Å². The normalized spacial score (nSPS) is 12.4. The summed E-state index contributed by atoms with van der Waals surface area (Å²) in [4.78, 5) is 4.37. The topological polar surface area (TPSA) is 75.1 Å². The number of benzene rings is 2. The Morgan fingerprint density at radius 3 is 2.37 bits per heavy atom. The van der Waals surface area contributed by atoms with Crippen LogP contribution in [0.2, 0.25) is 0 Å². The molecule has 6 nitrogen and oxygen atoms in total. The molecular formula is C20H26FN3O3. The SMILES string of the molecule is CCNC(=NCc1ccccc1F)NCC(O)c1cc(OC)cc(OC)c1. The third-order valence-corrected chi connectivity index (χ3v) is 3.93. The number of rotatable bonds is 8. The van der Waals surface area contributed by atoms with Crippen LogP contribution in [0.1, 0.15) is 24.2 Å². The summed E-state index contributed by atoms with van der Waals surface area (Å²) in [5, 5.41) is 16.6. The van der Waals surface area contributed by atoms with Crippen molar-refractivity contribution in [1.29, 1.82) is 0 Å². The number of nitrogens with one attached hydrogen (secondary N) is 2. The molecule has 1 atom stereocenters. The fourth-order valence-electron chi connectivity index (χ4n) is 2.47. The number of hydrogen-bond acceptors (Lipinski definition) is 4. The van der Waals surface area contributed by atoms with E-state index < -0.39 is 6.10 Å². The van der Waals surface area contributed by atoms with Crippen LogP contribution in [-0.2, 0) is 6.54 Å². The van der Waals surface area contributed by atoms with E-state index in [1.807, 2.05) is 6.92 Å². The van der Waals surface area contributed by atoms with Crippen molar-refractivity contribution in [2.24, 2.45) is 4.99 Å². The van der Waals surface area contributed by atoms with Crippen LogP contribution >= 0.6 is 0 Å². The van der Waals surface area contributed by atoms with Crippen LogP contribution in [0.25, 0.3) is 0 Å². The van der Waals surface area contributed by atoms with Crippen LogP contribution in [0.3, 0.4) is 0 Å². The van der Waals surface area contributed by atoms with Crippen LogP contribution in [0.4, 0.5) is 4.39 Å². The van der Waals surface area contributed by atoms with E-state index in [4.69, 9.17) is 9.47 Å². The summed E-state index contributed by atoms with van der Waals surface area (Å²) in [5.74, 6) is 1.40. The molecule has 0 fully saturated rings. The van der Waals surface area contributed by atoms with Crippen LogP contribution in [-0.4, -0.2) is 38.4 Å². The second-order valence-corrected chi connectivity index (χ2v) is 5.83. The van der Waals surface area contributed by atoms with Gasteiger partial charge in [0.1, 0.15) is 17.3 Å². The first-order valence-corrected chi connectivity index (χ1v) is 8.74. The highest BCUT2D eigenvalue weighted by molar-refractivity contribution is 5.79. The molecule has 27 heavy (non-hydrogen) atoms. The molecular weight excluding hydrogens is 349 g/mol. The number of ether oxygens (including phenoxy) is 2. The Hall–Kier alpha value is -2.80. The summed E-state index contributed by atoms with van der Waals surface area (Å²) < 4.78 is 24.2. The maximum absolute atomic E-state index is 13.7. The molecule has 3 N–H and O–H groups in total. The van der Waals surface area contributed by atoms with E-state index in [1.54, 1.807) is 50.6 Å². The zero-order valence-corrected chi connectivity index (χ0v) is 15.8. The van der Waals surface area contributed by atoms with E-state index >= 15 is 0 Å². The Bertz CT molecular complexity index is 746. The molecule has 0 saturated carbocycles. The van der Waals surface area contributed by atoms with E-state index in [1.165, 1.54) is 6.07 Å². The Balaban J connectivity index is 2.04. The predicted octanol–water partition coefficient (Wildman–Crippen LogP) is 2.63. The molecule has 1 unspecified atom stereocenters. The van der Waals surface area contributed by atoms with Crippen LogP contribution < -0.4 is 20.1 Å². The van der Waals surface area contributed by atoms with Gasteiger partial charge in [-0.25, -0.2) is 9.38 Å². The molecule has 0 aromatic heterocycles. The fraction of sp³-hybridized carbons (Fsp3) is 0.350. The summed E-state index contributed by atoms with van der Waals surface area (Å²) in [6, 6.07) is 11.8. The lowest BCUT2D eigenvalue weighted by molar-refractivity contribution is 0.180. The molecule has 146 valence electrons. The average molecular weight is 375 g/mol. The molecule has 0 amide bonds. The lowest BCUT2D eigenvalue weighted by Crippen LogP contribution is -2.39. The highest BCUT2D eigenvalue weighted by Crippen LogP contribution is 2.26. The summed E-state index contributed by atoms with van der Waals surface area (Å²) in [6.45, 7) is 3.00. The van der Waals surface area contributed by atoms with Gasteiger partial charge in [-0.2, -0.15) is 0 Å². The summed E-state index contributed by atoms with van der Waals surface area (Å²) >= 11 is 0. The molecule has 7 heteroatoms. The van der Waals surface area contributed by atoms with Crippen molar-refractivity contribution < 1.29 is 19.0 Å². The standard InChI is InChI=1S/C20H26FN3O3/c1-4-22-20(23-12-14-7-5-6-8-18(14)21)24-13-19(25)15-9-16(26-2)11-17(10-15)27-3/h5-11,19,25H,4,12-13H2,1-3H3,(H2,22,23,24). The quantitative estimate of drug-likeness (QED) is 0.489. The number of methoxy groups -OCH3 is 2. The monoisotopic (exact) mass is 375 g/mol. The van der Waals surface area contributed by atoms with E-state index in [-0.39, 0.29) is 18.9 Å². The number of hydrogen-bond donors (Lipinski definition) is 3. The van der Waals surface area contributed by atoms with E-state index in [2.05, 4.69) is 15.6 Å². The van der Waals surface area contributed by atoms with E-state index in [0.717, 1.165) is 0 Å². The predicted molar refractivity (Wildman–Crippen MR) is 104 cm³/mol. The number of guanidine groups is 1. The zero-order valence-electron chi connectivity index (χ0n) is 15.8. The molecule has 0 aliphatic heterocycles. The summed E-state index contributed by atoms with van der Waals surface area (Å²) in [7, 11) is 3.11. The second kappa shape index (κ2) is 10.4. The number of aliphatic hydroxyl groups is 1. The minimum absolute atomic E-state index is 0.199. The molecule has 0 heterocycles. The molecule has 0 aliphatic rings. The molecule has 0 bridgehead atoms. The van der Waals surface area contributed by atoms with Crippen molar-refractivity contribution in [3.05, 3.63) is 59.4 Å². The van der Waals surface area contributed by atoms with Gasteiger partial charge in [0.15, 0.2) is 5.96 Å². The van der Waals surface area contributed by atoms with Crippen molar-refractivity contribution in [2.45, 2.75) is 19.6 Å². The lowest BCUT2D eigenvalue weighted by atomic mass is 10.1. The van der Waals surface area contributed by atoms with Crippen molar-refractivity contribution in [3.8, 4) is 11.5 Å². The number of aliphatic hydroxyl groups excluding tert-OH is 1. The molecule has 0 aliphatic carbocycles. The minimum Gasteiger partial charge on any atom is -0.497 e. The van der Waals surface area contributed by atoms with Crippen molar-refractivity contribution >= 4 is 5.96 Å². The van der Waals surface area contributed by atoms with Crippen molar-refractivity contribution in [3.63, 3.8) is 0 Å². The maximum Gasteiger partial charge on any atom is 0.191 e. The van der Waals surface area contributed by atoms with Crippen molar-refractivity contribution in [2.75, 3.05) is 27.3 Å². The van der Waals surface area contributed by atoms with Gasteiger partial charge < -0.3 is 25.2 Å². The molecule has 2 rings (SSSR count). The first-order valence-electron chi connectivity index (χ1n) is 8.74. The Labute approximate surface area is 159 Å². The van der Waals surface area contributed by atoms with E-state index in [9.17, 15) is 9.50 Å². The number of nitrogens with zero attached hydrogens (tertiary/aromatic N) is 1. The number of aliphatic imine (C=N–C) groups is 1. The minimum atomic E-state index is -0.800. The summed E-state index contributed by atoms with van der Waals surface area (Å²) in [6.07, 6.45) is -0.800. The van der Waals surface area contributed by atoms with Gasteiger partial charge in [0.05, 0.1) is 26.9 Å². The van der Waals surface area contributed by atoms with E-state index in [0.29, 0.717) is 35.1 Å². The highest BCUT2D eigenvalue weighted by Gasteiger charge is 2.12. The molecule has 0 spiro atoms. The van der Waals surface area contributed by atoms with Gasteiger partial charge in [0.2, 0.25) is 0 Å². The second-order valence-electron chi connectivity index (χ2n) is 5.83. The van der Waals surface area contributed by atoms with Gasteiger partial charge in [-0.15, -0.1) is 0 Å². The number of halogens is 1. The average Bonchev–Trinajstić information content (AvgIpc) is 2.70. The van der Waals surface area contributed by atoms with Gasteiger partial charge >= 0.3 is 0 Å².